The Balaban J connectivity index is 1.91. The first-order valence-electron chi connectivity index (χ1n) is 6.86. The van der Waals surface area contributed by atoms with Gasteiger partial charge >= 0.3 is 0 Å². The molecule has 1 aliphatic rings. The van der Waals surface area contributed by atoms with E-state index < -0.39 is 0 Å². The highest BCUT2D eigenvalue weighted by Crippen LogP contribution is 2.37. The van der Waals surface area contributed by atoms with Gasteiger partial charge in [-0.15, -0.1) is 0 Å². The molecule has 0 saturated carbocycles. The number of halogens is 2. The Kier molecular flexibility index (Phi) is 2.96. The zero-order valence-corrected chi connectivity index (χ0v) is 12.8. The summed E-state index contributed by atoms with van der Waals surface area (Å²) in [7, 11) is 0. The first kappa shape index (κ1) is 12.8. The van der Waals surface area contributed by atoms with Gasteiger partial charge in [0.2, 0.25) is 0 Å². The number of pyridine rings is 1. The third-order valence-electron chi connectivity index (χ3n) is 3.93. The van der Waals surface area contributed by atoms with Gasteiger partial charge < -0.3 is 9.30 Å². The second kappa shape index (κ2) is 4.84. The van der Waals surface area contributed by atoms with Gasteiger partial charge in [0.05, 0.1) is 5.69 Å². The van der Waals surface area contributed by atoms with Gasteiger partial charge in [-0.1, -0.05) is 28.1 Å². The number of anilines is 2. The fraction of sp³-hybridized carbons (Fsp3) is 0.188. The minimum absolute atomic E-state index is 0.204. The van der Waals surface area contributed by atoms with Crippen LogP contribution in [-0.4, -0.2) is 15.9 Å². The van der Waals surface area contributed by atoms with E-state index in [1.165, 1.54) is 11.6 Å². The third-order valence-corrected chi connectivity index (χ3v) is 4.46. The molecule has 0 N–H and O–H groups in total. The lowest BCUT2D eigenvalue weighted by Crippen LogP contribution is -2.15. The van der Waals surface area contributed by atoms with Gasteiger partial charge in [0, 0.05) is 23.8 Å². The molecule has 21 heavy (non-hydrogen) atoms. The fourth-order valence-electron chi connectivity index (χ4n) is 2.95. The highest BCUT2D eigenvalue weighted by molar-refractivity contribution is 9.08. The van der Waals surface area contributed by atoms with Crippen molar-refractivity contribution in [2.24, 2.45) is 0 Å². The number of imidazole rings is 1. The summed E-state index contributed by atoms with van der Waals surface area (Å²) in [4.78, 5) is 6.84. The number of alkyl halides is 1. The molecule has 0 unspecified atom stereocenters. The van der Waals surface area contributed by atoms with Gasteiger partial charge in [0.25, 0.3) is 0 Å². The highest BCUT2D eigenvalue weighted by Gasteiger charge is 2.25. The van der Waals surface area contributed by atoms with Crippen molar-refractivity contribution in [2.75, 3.05) is 11.4 Å². The number of nitrogens with zero attached hydrogens (tertiary/aromatic N) is 3. The van der Waals surface area contributed by atoms with E-state index in [2.05, 4.69) is 25.2 Å². The molecule has 4 rings (SSSR count). The minimum atomic E-state index is -0.204. The molecule has 0 radical (unpaired) electrons. The zero-order valence-electron chi connectivity index (χ0n) is 11.3. The van der Waals surface area contributed by atoms with Crippen LogP contribution >= 0.6 is 15.9 Å². The average molecular weight is 346 g/mol. The standard InChI is InChI=1S/C16H13BrFN3/c17-10-14-16(19-15-3-1-2-7-20(14)15)21-8-6-11-4-5-12(18)9-13(11)21/h1-5,7,9H,6,8,10H2. The van der Waals surface area contributed by atoms with Gasteiger partial charge in [0.15, 0.2) is 5.82 Å². The van der Waals surface area contributed by atoms with Gasteiger partial charge in [0.1, 0.15) is 11.5 Å². The molecule has 3 heterocycles. The first-order valence-corrected chi connectivity index (χ1v) is 7.98. The Morgan fingerprint density at radius 2 is 2.14 bits per heavy atom. The Labute approximate surface area is 130 Å². The predicted molar refractivity (Wildman–Crippen MR) is 84.9 cm³/mol. The number of hydrogen-bond donors (Lipinski definition) is 0. The summed E-state index contributed by atoms with van der Waals surface area (Å²) in [6, 6.07) is 10.9. The summed E-state index contributed by atoms with van der Waals surface area (Å²) in [6.07, 6.45) is 2.93. The first-order chi connectivity index (χ1) is 10.3. The van der Waals surface area contributed by atoms with Crippen LogP contribution < -0.4 is 4.90 Å². The van der Waals surface area contributed by atoms with E-state index in [0.29, 0.717) is 5.33 Å². The Hall–Kier alpha value is -1.88. The molecular formula is C16H13BrFN3. The van der Waals surface area contributed by atoms with Gasteiger partial charge in [-0.3, -0.25) is 0 Å². The molecular weight excluding hydrogens is 333 g/mol. The highest BCUT2D eigenvalue weighted by atomic mass is 79.9. The predicted octanol–water partition coefficient (Wildman–Crippen LogP) is 4.06. The van der Waals surface area contributed by atoms with Crippen molar-refractivity contribution in [3.63, 3.8) is 0 Å². The number of hydrogen-bond acceptors (Lipinski definition) is 2. The summed E-state index contributed by atoms with van der Waals surface area (Å²) in [5.74, 6) is 0.701. The van der Waals surface area contributed by atoms with Crippen LogP contribution in [0.3, 0.4) is 0 Å². The van der Waals surface area contributed by atoms with Crippen molar-refractivity contribution in [2.45, 2.75) is 11.8 Å². The van der Waals surface area contributed by atoms with Crippen molar-refractivity contribution >= 4 is 33.1 Å². The van der Waals surface area contributed by atoms with E-state index >= 15 is 0 Å². The van der Waals surface area contributed by atoms with Gasteiger partial charge in [-0.2, -0.15) is 0 Å². The smallest absolute Gasteiger partial charge is 0.156 e. The molecule has 3 nitrogen and oxygen atoms in total. The number of fused-ring (bicyclic) bond motifs is 2. The molecule has 1 aromatic carbocycles. The van der Waals surface area contributed by atoms with Crippen LogP contribution in [0.15, 0.2) is 42.6 Å². The summed E-state index contributed by atoms with van der Waals surface area (Å²) in [5, 5.41) is 0.703. The van der Waals surface area contributed by atoms with Crippen LogP contribution in [0.4, 0.5) is 15.9 Å². The van der Waals surface area contributed by atoms with Crippen LogP contribution in [0, 0.1) is 5.82 Å². The Bertz CT molecular complexity index is 828. The summed E-state index contributed by atoms with van der Waals surface area (Å²) in [5.41, 5.74) is 4.10. The molecule has 0 saturated heterocycles. The van der Waals surface area contributed by atoms with Crippen LogP contribution in [0.25, 0.3) is 5.65 Å². The van der Waals surface area contributed by atoms with Gasteiger partial charge in [-0.05, 0) is 36.2 Å². The molecule has 0 aliphatic carbocycles. The van der Waals surface area contributed by atoms with Crippen molar-refractivity contribution in [3.8, 4) is 0 Å². The lowest BCUT2D eigenvalue weighted by molar-refractivity contribution is 0.628. The lowest BCUT2D eigenvalue weighted by atomic mass is 10.2. The molecule has 3 aromatic rings. The van der Waals surface area contributed by atoms with Crippen molar-refractivity contribution in [3.05, 3.63) is 59.7 Å². The molecule has 1 aliphatic heterocycles. The molecule has 0 bridgehead atoms. The van der Waals surface area contributed by atoms with Crippen molar-refractivity contribution < 1.29 is 4.39 Å². The maximum Gasteiger partial charge on any atom is 0.156 e. The molecule has 5 heteroatoms. The van der Waals surface area contributed by atoms with E-state index in [1.807, 2.05) is 30.5 Å². The number of aromatic nitrogens is 2. The van der Waals surface area contributed by atoms with E-state index in [0.717, 1.165) is 35.8 Å². The Morgan fingerprint density at radius 1 is 1.24 bits per heavy atom. The summed E-state index contributed by atoms with van der Waals surface area (Å²) >= 11 is 3.55. The van der Waals surface area contributed by atoms with Crippen LogP contribution in [-0.2, 0) is 11.8 Å². The second-order valence-corrected chi connectivity index (χ2v) is 5.68. The molecule has 0 atom stereocenters. The van der Waals surface area contributed by atoms with Crippen LogP contribution in [0.2, 0.25) is 0 Å². The summed E-state index contributed by atoms with van der Waals surface area (Å²) < 4.78 is 15.6. The zero-order chi connectivity index (χ0) is 14.4. The SMILES string of the molecule is Fc1ccc2c(c1)N(c1nc3ccccn3c1CBr)CC2. The quantitative estimate of drug-likeness (QED) is 0.653. The maximum absolute atomic E-state index is 13.6. The number of rotatable bonds is 2. The van der Waals surface area contributed by atoms with E-state index in [9.17, 15) is 4.39 Å². The summed E-state index contributed by atoms with van der Waals surface area (Å²) in [6.45, 7) is 0.836. The molecule has 0 fully saturated rings. The number of benzene rings is 1. The molecule has 0 spiro atoms. The molecule has 106 valence electrons. The van der Waals surface area contributed by atoms with Crippen molar-refractivity contribution in [1.82, 2.24) is 9.38 Å². The molecule has 2 aromatic heterocycles. The molecule has 0 amide bonds. The Morgan fingerprint density at radius 3 is 3.00 bits per heavy atom. The van der Waals surface area contributed by atoms with Gasteiger partial charge in [-0.25, -0.2) is 9.37 Å². The fourth-order valence-corrected chi connectivity index (χ4v) is 3.47. The lowest BCUT2D eigenvalue weighted by Gasteiger charge is -2.18. The monoisotopic (exact) mass is 345 g/mol. The minimum Gasteiger partial charge on any atom is -0.324 e. The maximum atomic E-state index is 13.6. The normalized spacial score (nSPS) is 13.9. The van der Waals surface area contributed by atoms with Crippen molar-refractivity contribution in [1.29, 1.82) is 0 Å². The van der Waals surface area contributed by atoms with Crippen LogP contribution in [0.1, 0.15) is 11.3 Å². The average Bonchev–Trinajstić information content (AvgIpc) is 3.06. The van der Waals surface area contributed by atoms with Crippen LogP contribution in [0.5, 0.6) is 0 Å². The largest absolute Gasteiger partial charge is 0.324 e. The topological polar surface area (TPSA) is 20.5 Å². The van der Waals surface area contributed by atoms with E-state index in [1.54, 1.807) is 6.07 Å². The van der Waals surface area contributed by atoms with E-state index in [-0.39, 0.29) is 5.82 Å². The van der Waals surface area contributed by atoms with E-state index in [4.69, 9.17) is 4.98 Å². The third kappa shape index (κ3) is 1.95. The second-order valence-electron chi connectivity index (χ2n) is 5.12.